The number of amides is 1. The molecular weight excluding hydrogens is 192 g/mol. The van der Waals surface area contributed by atoms with E-state index in [0.29, 0.717) is 18.9 Å². The van der Waals surface area contributed by atoms with Crippen LogP contribution >= 0.6 is 0 Å². The van der Waals surface area contributed by atoms with Crippen LogP contribution in [0.1, 0.15) is 33.1 Å². The molecule has 1 aliphatic heterocycles. The summed E-state index contributed by atoms with van der Waals surface area (Å²) in [6.07, 6.45) is 2.73. The summed E-state index contributed by atoms with van der Waals surface area (Å²) in [6.45, 7) is 5.89. The second-order valence-electron chi connectivity index (χ2n) is 5.05. The number of nitrogens with one attached hydrogen (secondary N) is 1. The number of carbonyl (C=O) groups is 1. The van der Waals surface area contributed by atoms with Gasteiger partial charge < -0.3 is 15.8 Å². The number of hydrogen-bond donors (Lipinski definition) is 2. The first-order chi connectivity index (χ1) is 6.97. The molecule has 0 aromatic carbocycles. The van der Waals surface area contributed by atoms with E-state index in [0.717, 1.165) is 26.1 Å². The first-order valence-electron chi connectivity index (χ1n) is 5.61. The van der Waals surface area contributed by atoms with Gasteiger partial charge in [-0.05, 0) is 32.6 Å². The quantitative estimate of drug-likeness (QED) is 0.722. The van der Waals surface area contributed by atoms with Gasteiger partial charge in [-0.1, -0.05) is 0 Å². The van der Waals surface area contributed by atoms with Gasteiger partial charge in [0.25, 0.3) is 0 Å². The van der Waals surface area contributed by atoms with Crippen LogP contribution in [0.5, 0.6) is 0 Å². The first kappa shape index (κ1) is 12.5. The summed E-state index contributed by atoms with van der Waals surface area (Å²) in [5.74, 6) is 0.476. The molecular formula is C11H22N2O2. The Balaban J connectivity index is 2.17. The van der Waals surface area contributed by atoms with Gasteiger partial charge in [0.15, 0.2) is 0 Å². The number of carbonyl (C=O) groups excluding carboxylic acids is 1. The SMILES string of the molecule is CC(C)(N)CNC(=O)CC1CCCOC1. The highest BCUT2D eigenvalue weighted by Crippen LogP contribution is 2.16. The van der Waals surface area contributed by atoms with Gasteiger partial charge in [0.05, 0.1) is 0 Å². The van der Waals surface area contributed by atoms with Crippen LogP contribution in [0, 0.1) is 5.92 Å². The molecule has 0 spiro atoms. The topological polar surface area (TPSA) is 64.3 Å². The van der Waals surface area contributed by atoms with E-state index in [9.17, 15) is 4.79 Å². The fourth-order valence-electron chi connectivity index (χ4n) is 1.63. The highest BCUT2D eigenvalue weighted by molar-refractivity contribution is 5.76. The number of nitrogens with two attached hydrogens (primary N) is 1. The first-order valence-corrected chi connectivity index (χ1v) is 5.61. The summed E-state index contributed by atoms with van der Waals surface area (Å²) in [7, 11) is 0. The molecule has 4 nitrogen and oxygen atoms in total. The summed E-state index contributed by atoms with van der Waals surface area (Å²) in [4.78, 5) is 11.5. The van der Waals surface area contributed by atoms with Gasteiger partial charge in [-0.15, -0.1) is 0 Å². The lowest BCUT2D eigenvalue weighted by molar-refractivity contribution is -0.123. The second-order valence-corrected chi connectivity index (χ2v) is 5.05. The summed E-state index contributed by atoms with van der Waals surface area (Å²) < 4.78 is 5.32. The van der Waals surface area contributed by atoms with Crippen molar-refractivity contribution >= 4 is 5.91 Å². The van der Waals surface area contributed by atoms with Gasteiger partial charge in [0.1, 0.15) is 0 Å². The van der Waals surface area contributed by atoms with Crippen LogP contribution in [0.2, 0.25) is 0 Å². The number of ether oxygens (including phenoxy) is 1. The molecule has 0 bridgehead atoms. The van der Waals surface area contributed by atoms with Crippen LogP contribution in [0.25, 0.3) is 0 Å². The van der Waals surface area contributed by atoms with Crippen molar-refractivity contribution in [1.82, 2.24) is 5.32 Å². The van der Waals surface area contributed by atoms with E-state index in [2.05, 4.69) is 5.32 Å². The average molecular weight is 214 g/mol. The van der Waals surface area contributed by atoms with Gasteiger partial charge in [-0.3, -0.25) is 4.79 Å². The van der Waals surface area contributed by atoms with E-state index in [1.54, 1.807) is 0 Å². The number of hydrogen-bond acceptors (Lipinski definition) is 3. The van der Waals surface area contributed by atoms with Gasteiger partial charge in [0.2, 0.25) is 5.91 Å². The van der Waals surface area contributed by atoms with Crippen LogP contribution < -0.4 is 11.1 Å². The minimum absolute atomic E-state index is 0.0871. The Bertz CT molecular complexity index is 205. The van der Waals surface area contributed by atoms with Crippen LogP contribution in [-0.4, -0.2) is 31.2 Å². The highest BCUT2D eigenvalue weighted by Gasteiger charge is 2.18. The molecule has 1 rings (SSSR count). The zero-order valence-electron chi connectivity index (χ0n) is 9.71. The Hall–Kier alpha value is -0.610. The van der Waals surface area contributed by atoms with Crippen molar-refractivity contribution in [3.05, 3.63) is 0 Å². The Kier molecular flexibility index (Phi) is 4.54. The normalized spacial score (nSPS) is 22.5. The molecule has 3 N–H and O–H groups in total. The number of rotatable bonds is 4. The zero-order valence-corrected chi connectivity index (χ0v) is 9.71. The molecule has 1 aliphatic rings. The van der Waals surface area contributed by atoms with Crippen molar-refractivity contribution in [2.75, 3.05) is 19.8 Å². The van der Waals surface area contributed by atoms with E-state index >= 15 is 0 Å². The molecule has 15 heavy (non-hydrogen) atoms. The largest absolute Gasteiger partial charge is 0.381 e. The maximum Gasteiger partial charge on any atom is 0.220 e. The van der Waals surface area contributed by atoms with Crippen molar-refractivity contribution in [3.8, 4) is 0 Å². The second kappa shape index (κ2) is 5.47. The van der Waals surface area contributed by atoms with Crippen LogP contribution in [0.15, 0.2) is 0 Å². The molecule has 1 unspecified atom stereocenters. The van der Waals surface area contributed by atoms with Crippen molar-refractivity contribution in [3.63, 3.8) is 0 Å². The maximum atomic E-state index is 11.5. The Morgan fingerprint density at radius 2 is 2.33 bits per heavy atom. The van der Waals surface area contributed by atoms with Crippen molar-refractivity contribution < 1.29 is 9.53 Å². The molecule has 4 heteroatoms. The van der Waals surface area contributed by atoms with Crippen molar-refractivity contribution in [1.29, 1.82) is 0 Å². The molecule has 1 amide bonds. The lowest BCUT2D eigenvalue weighted by Crippen LogP contribution is -2.45. The lowest BCUT2D eigenvalue weighted by Gasteiger charge is -2.23. The third-order valence-corrected chi connectivity index (χ3v) is 2.47. The lowest BCUT2D eigenvalue weighted by atomic mass is 9.98. The molecule has 1 heterocycles. The van der Waals surface area contributed by atoms with Crippen LogP contribution in [0.3, 0.4) is 0 Å². The fraction of sp³-hybridized carbons (Fsp3) is 0.909. The zero-order chi connectivity index (χ0) is 11.3. The van der Waals surface area contributed by atoms with E-state index in [-0.39, 0.29) is 11.4 Å². The third-order valence-electron chi connectivity index (χ3n) is 2.47. The van der Waals surface area contributed by atoms with Gasteiger partial charge in [-0.2, -0.15) is 0 Å². The summed E-state index contributed by atoms with van der Waals surface area (Å²) in [5, 5.41) is 2.85. The minimum atomic E-state index is -0.335. The molecule has 1 fully saturated rings. The summed E-state index contributed by atoms with van der Waals surface area (Å²) in [6, 6.07) is 0. The Morgan fingerprint density at radius 1 is 1.60 bits per heavy atom. The monoisotopic (exact) mass is 214 g/mol. The summed E-state index contributed by atoms with van der Waals surface area (Å²) >= 11 is 0. The summed E-state index contributed by atoms with van der Waals surface area (Å²) in [5.41, 5.74) is 5.44. The fourth-order valence-corrected chi connectivity index (χ4v) is 1.63. The predicted octanol–water partition coefficient (Wildman–Crippen LogP) is 0.657. The van der Waals surface area contributed by atoms with Crippen LogP contribution in [0.4, 0.5) is 0 Å². The van der Waals surface area contributed by atoms with Crippen molar-refractivity contribution in [2.24, 2.45) is 11.7 Å². The van der Waals surface area contributed by atoms with Gasteiger partial charge in [-0.25, -0.2) is 0 Å². The Morgan fingerprint density at radius 3 is 2.87 bits per heavy atom. The molecule has 0 aromatic heterocycles. The Labute approximate surface area is 91.5 Å². The van der Waals surface area contributed by atoms with E-state index in [1.165, 1.54) is 0 Å². The van der Waals surface area contributed by atoms with E-state index in [1.807, 2.05) is 13.8 Å². The third kappa shape index (κ3) is 5.74. The average Bonchev–Trinajstić information content (AvgIpc) is 2.15. The molecule has 1 saturated heterocycles. The van der Waals surface area contributed by atoms with Gasteiger partial charge >= 0.3 is 0 Å². The molecule has 0 aromatic rings. The molecule has 88 valence electrons. The molecule has 0 radical (unpaired) electrons. The van der Waals surface area contributed by atoms with Crippen LogP contribution in [-0.2, 0) is 9.53 Å². The van der Waals surface area contributed by atoms with Crippen molar-refractivity contribution in [2.45, 2.75) is 38.6 Å². The smallest absolute Gasteiger partial charge is 0.220 e. The van der Waals surface area contributed by atoms with E-state index < -0.39 is 0 Å². The molecule has 0 saturated carbocycles. The van der Waals surface area contributed by atoms with Gasteiger partial charge in [0, 0.05) is 31.7 Å². The standard InChI is InChI=1S/C11H22N2O2/c1-11(2,12)8-13-10(14)6-9-4-3-5-15-7-9/h9H,3-8,12H2,1-2H3,(H,13,14). The van der Waals surface area contributed by atoms with E-state index in [4.69, 9.17) is 10.5 Å². The molecule has 0 aliphatic carbocycles. The highest BCUT2D eigenvalue weighted by atomic mass is 16.5. The predicted molar refractivity (Wildman–Crippen MR) is 59.4 cm³/mol. The minimum Gasteiger partial charge on any atom is -0.381 e. The maximum absolute atomic E-state index is 11.5. The molecule has 1 atom stereocenters.